The van der Waals surface area contributed by atoms with Crippen molar-refractivity contribution in [3.05, 3.63) is 28.8 Å². The van der Waals surface area contributed by atoms with E-state index in [9.17, 15) is 30.7 Å². The first-order chi connectivity index (χ1) is 9.62. The largest absolute Gasteiger partial charge is 0.422 e. The highest BCUT2D eigenvalue weighted by Gasteiger charge is 2.42. The fourth-order valence-corrected chi connectivity index (χ4v) is 1.82. The van der Waals surface area contributed by atoms with Crippen molar-refractivity contribution in [3.63, 3.8) is 0 Å². The lowest BCUT2D eigenvalue weighted by molar-refractivity contribution is -0.143. The Hall–Kier alpha value is -1.58. The summed E-state index contributed by atoms with van der Waals surface area (Å²) in [5.41, 5.74) is -4.03. The van der Waals surface area contributed by atoms with E-state index < -0.39 is 40.7 Å². The first kappa shape index (κ1) is 15.8. The van der Waals surface area contributed by atoms with Crippen LogP contribution in [-0.4, -0.2) is 11.2 Å². The fourth-order valence-electron chi connectivity index (χ4n) is 1.55. The van der Waals surface area contributed by atoms with Gasteiger partial charge in [0.15, 0.2) is 28.4 Å². The Morgan fingerprint density at radius 2 is 1.43 bits per heavy atom. The second-order valence-corrected chi connectivity index (χ2v) is 4.78. The molecule has 1 aromatic carbocycles. The molecule has 116 valence electrons. The van der Waals surface area contributed by atoms with Crippen molar-refractivity contribution in [3.8, 4) is 0 Å². The average molecular weight is 332 g/mol. The molecule has 0 aliphatic heterocycles. The molecule has 0 saturated heterocycles. The van der Waals surface area contributed by atoms with E-state index in [-0.39, 0.29) is 11.2 Å². The molecule has 1 aliphatic carbocycles. The van der Waals surface area contributed by atoms with E-state index in [1.165, 1.54) is 0 Å². The van der Waals surface area contributed by atoms with Crippen LogP contribution >= 0.6 is 12.2 Å². The third-order valence-electron chi connectivity index (χ3n) is 2.70. The van der Waals surface area contributed by atoms with E-state index in [0.717, 1.165) is 12.8 Å². The van der Waals surface area contributed by atoms with Crippen LogP contribution in [0.4, 0.5) is 36.4 Å². The summed E-state index contributed by atoms with van der Waals surface area (Å²) in [7, 11) is 0. The lowest BCUT2D eigenvalue weighted by atomic mass is 10.1. The Bertz CT molecular complexity index is 566. The van der Waals surface area contributed by atoms with E-state index in [0.29, 0.717) is 0 Å². The molecule has 0 amide bonds. The molecule has 1 aromatic rings. The maximum Gasteiger partial charge on any atom is 0.422 e. The molecule has 21 heavy (non-hydrogen) atoms. The zero-order chi connectivity index (χ0) is 15.9. The van der Waals surface area contributed by atoms with E-state index in [1.54, 1.807) is 0 Å². The third kappa shape index (κ3) is 3.20. The van der Waals surface area contributed by atoms with E-state index in [4.69, 9.17) is 0 Å². The number of halogens is 7. The minimum Gasteiger partial charge on any atom is -0.360 e. The van der Waals surface area contributed by atoms with Gasteiger partial charge >= 0.3 is 6.18 Å². The number of alkyl halides is 3. The predicted molar refractivity (Wildman–Crippen MR) is 63.7 cm³/mol. The van der Waals surface area contributed by atoms with Crippen LogP contribution in [0.5, 0.6) is 0 Å². The Morgan fingerprint density at radius 1 is 0.952 bits per heavy atom. The summed E-state index contributed by atoms with van der Waals surface area (Å²) >= 11 is 4.64. The molecular weight excluding hydrogens is 325 g/mol. The highest BCUT2D eigenvalue weighted by atomic mass is 32.1. The lowest BCUT2D eigenvalue weighted by Gasteiger charge is -2.16. The molecule has 2 N–H and O–H groups in total. The van der Waals surface area contributed by atoms with Gasteiger partial charge in [0, 0.05) is 6.04 Å². The highest BCUT2D eigenvalue weighted by Crippen LogP contribution is 2.38. The van der Waals surface area contributed by atoms with Crippen LogP contribution in [0.2, 0.25) is 0 Å². The van der Waals surface area contributed by atoms with Crippen LogP contribution < -0.4 is 10.6 Å². The lowest BCUT2D eigenvalue weighted by Crippen LogP contribution is -2.31. The Labute approximate surface area is 119 Å². The molecule has 2 rings (SSSR count). The number of hydrogen-bond acceptors (Lipinski definition) is 1. The zero-order valence-electron chi connectivity index (χ0n) is 10.0. The minimum absolute atomic E-state index is 0.0275. The average Bonchev–Trinajstić information content (AvgIpc) is 3.14. The van der Waals surface area contributed by atoms with Crippen LogP contribution in [0.3, 0.4) is 0 Å². The summed E-state index contributed by atoms with van der Waals surface area (Å²) in [6.45, 7) is 0. The summed E-state index contributed by atoms with van der Waals surface area (Å²) < 4.78 is 90.8. The molecular formula is C11H7F7N2S. The summed E-state index contributed by atoms with van der Waals surface area (Å²) in [5, 5.41) is 4.05. The van der Waals surface area contributed by atoms with Gasteiger partial charge in [0.25, 0.3) is 0 Å². The summed E-state index contributed by atoms with van der Waals surface area (Å²) in [5.74, 6) is -9.45. The molecule has 1 aliphatic rings. The molecule has 0 spiro atoms. The van der Waals surface area contributed by atoms with Gasteiger partial charge in [0.2, 0.25) is 0 Å². The van der Waals surface area contributed by atoms with Gasteiger partial charge in [-0.2, -0.15) is 13.2 Å². The Morgan fingerprint density at radius 3 is 1.81 bits per heavy atom. The van der Waals surface area contributed by atoms with Crippen LogP contribution in [0, 0.1) is 23.3 Å². The standard InChI is InChI=1S/C11H7F7N2S/c12-5-4(11(16,17)18)6(13)8(15)9(7(5)14)20-10(21)19-3-1-2-3/h3H,1-2H2,(H2,19,20,21). The molecule has 1 fully saturated rings. The smallest absolute Gasteiger partial charge is 0.360 e. The number of thiocarbonyl (C=S) groups is 1. The van der Waals surface area contributed by atoms with E-state index in [1.807, 2.05) is 5.32 Å². The molecule has 1 saturated carbocycles. The maximum absolute atomic E-state index is 13.5. The van der Waals surface area contributed by atoms with Crippen molar-refractivity contribution < 1.29 is 30.7 Å². The SMILES string of the molecule is Fc1c(F)c(C(F)(F)F)c(F)c(F)c1NC(=S)NC1CC1. The number of hydrogen-bond donors (Lipinski definition) is 2. The maximum atomic E-state index is 13.5. The van der Waals surface area contributed by atoms with Crippen molar-refractivity contribution in [1.82, 2.24) is 5.32 Å². The van der Waals surface area contributed by atoms with Crippen molar-refractivity contribution in [1.29, 1.82) is 0 Å². The predicted octanol–water partition coefficient (Wildman–Crippen LogP) is 3.71. The number of benzene rings is 1. The Kier molecular flexibility index (Phi) is 4.00. The monoisotopic (exact) mass is 332 g/mol. The van der Waals surface area contributed by atoms with Crippen LogP contribution in [0.1, 0.15) is 18.4 Å². The minimum atomic E-state index is -5.57. The first-order valence-corrected chi connectivity index (χ1v) is 6.04. The topological polar surface area (TPSA) is 24.1 Å². The van der Waals surface area contributed by atoms with E-state index in [2.05, 4.69) is 17.5 Å². The second-order valence-electron chi connectivity index (χ2n) is 4.38. The van der Waals surface area contributed by atoms with Crippen molar-refractivity contribution in [2.24, 2.45) is 0 Å². The normalized spacial score (nSPS) is 15.0. The fraction of sp³-hybridized carbons (Fsp3) is 0.364. The number of anilines is 1. The summed E-state index contributed by atoms with van der Waals surface area (Å²) in [4.78, 5) is 0. The van der Waals surface area contributed by atoms with Gasteiger partial charge in [-0.25, -0.2) is 17.6 Å². The number of nitrogens with one attached hydrogen (secondary N) is 2. The molecule has 0 heterocycles. The van der Waals surface area contributed by atoms with E-state index >= 15 is 0 Å². The van der Waals surface area contributed by atoms with Crippen molar-refractivity contribution in [2.75, 3.05) is 5.32 Å². The van der Waals surface area contributed by atoms with Gasteiger partial charge in [0.05, 0.1) is 0 Å². The molecule has 0 unspecified atom stereocenters. The molecule has 0 aromatic heterocycles. The summed E-state index contributed by atoms with van der Waals surface area (Å²) in [6, 6.07) is -0.0275. The molecule has 0 atom stereocenters. The van der Waals surface area contributed by atoms with Gasteiger partial charge in [0.1, 0.15) is 11.3 Å². The van der Waals surface area contributed by atoms with Gasteiger partial charge in [-0.1, -0.05) is 0 Å². The third-order valence-corrected chi connectivity index (χ3v) is 2.92. The Balaban J connectivity index is 2.40. The van der Waals surface area contributed by atoms with Gasteiger partial charge < -0.3 is 10.6 Å². The van der Waals surface area contributed by atoms with Crippen LogP contribution in [-0.2, 0) is 6.18 Å². The summed E-state index contributed by atoms with van der Waals surface area (Å²) in [6.07, 6.45) is -4.06. The highest BCUT2D eigenvalue weighted by molar-refractivity contribution is 7.80. The van der Waals surface area contributed by atoms with Gasteiger partial charge in [-0.15, -0.1) is 0 Å². The van der Waals surface area contributed by atoms with Crippen molar-refractivity contribution >= 4 is 23.0 Å². The zero-order valence-corrected chi connectivity index (χ0v) is 10.9. The molecule has 0 radical (unpaired) electrons. The molecule has 0 bridgehead atoms. The molecule has 10 heteroatoms. The number of rotatable bonds is 2. The quantitative estimate of drug-likeness (QED) is 0.490. The van der Waals surface area contributed by atoms with Crippen molar-refractivity contribution in [2.45, 2.75) is 25.1 Å². The van der Waals surface area contributed by atoms with Gasteiger partial charge in [-0.05, 0) is 25.1 Å². The first-order valence-electron chi connectivity index (χ1n) is 5.63. The molecule has 2 nitrogen and oxygen atoms in total. The second kappa shape index (κ2) is 5.32. The van der Waals surface area contributed by atoms with Gasteiger partial charge in [-0.3, -0.25) is 0 Å². The van der Waals surface area contributed by atoms with Crippen LogP contribution in [0.15, 0.2) is 0 Å². The van der Waals surface area contributed by atoms with Crippen LogP contribution in [0.25, 0.3) is 0 Å².